The van der Waals surface area contributed by atoms with Gasteiger partial charge in [-0.3, -0.25) is 0 Å². The summed E-state index contributed by atoms with van der Waals surface area (Å²) in [4.78, 5) is 1.66. The minimum Gasteiger partial charge on any atom is -0.140 e. The SMILES string of the molecule is Cc1ccc2c3c(sc2c1)CCCCC3. The fourth-order valence-corrected chi connectivity index (χ4v) is 3.94. The molecule has 0 saturated carbocycles. The predicted molar refractivity (Wildman–Crippen MR) is 67.8 cm³/mol. The van der Waals surface area contributed by atoms with E-state index in [0.717, 1.165) is 0 Å². The highest BCUT2D eigenvalue weighted by Gasteiger charge is 2.14. The Morgan fingerprint density at radius 1 is 1.07 bits per heavy atom. The van der Waals surface area contributed by atoms with Crippen molar-refractivity contribution in [3.63, 3.8) is 0 Å². The Morgan fingerprint density at radius 2 is 1.93 bits per heavy atom. The molecule has 3 rings (SSSR count). The molecule has 2 aromatic rings. The fourth-order valence-electron chi connectivity index (χ4n) is 2.55. The summed E-state index contributed by atoms with van der Waals surface area (Å²) >= 11 is 2.03. The van der Waals surface area contributed by atoms with Crippen LogP contribution in [0.3, 0.4) is 0 Å². The molecule has 0 amide bonds. The molecule has 0 bridgehead atoms. The maximum atomic E-state index is 2.34. The molecule has 0 unspecified atom stereocenters. The van der Waals surface area contributed by atoms with E-state index < -0.39 is 0 Å². The van der Waals surface area contributed by atoms with E-state index in [-0.39, 0.29) is 0 Å². The van der Waals surface area contributed by atoms with Crippen LogP contribution < -0.4 is 0 Å². The third-order valence-corrected chi connectivity index (χ3v) is 4.62. The molecule has 0 fully saturated rings. The van der Waals surface area contributed by atoms with E-state index >= 15 is 0 Å². The molecule has 0 N–H and O–H groups in total. The molecule has 0 spiro atoms. The average molecular weight is 216 g/mol. The highest BCUT2D eigenvalue weighted by Crippen LogP contribution is 2.35. The van der Waals surface area contributed by atoms with Crippen LogP contribution in [0, 0.1) is 6.92 Å². The van der Waals surface area contributed by atoms with Crippen molar-refractivity contribution in [1.29, 1.82) is 0 Å². The van der Waals surface area contributed by atoms with E-state index in [2.05, 4.69) is 25.1 Å². The van der Waals surface area contributed by atoms with Crippen molar-refractivity contribution < 1.29 is 0 Å². The van der Waals surface area contributed by atoms with Gasteiger partial charge in [0.15, 0.2) is 0 Å². The second-order valence-corrected chi connectivity index (χ2v) is 5.70. The molecule has 0 aliphatic heterocycles. The van der Waals surface area contributed by atoms with Gasteiger partial charge in [-0.05, 0) is 55.2 Å². The maximum absolute atomic E-state index is 2.34. The van der Waals surface area contributed by atoms with Gasteiger partial charge in [0.25, 0.3) is 0 Å². The molecule has 0 nitrogen and oxygen atoms in total. The summed E-state index contributed by atoms with van der Waals surface area (Å²) in [6.45, 7) is 2.18. The van der Waals surface area contributed by atoms with Crippen molar-refractivity contribution in [2.75, 3.05) is 0 Å². The van der Waals surface area contributed by atoms with Crippen LogP contribution in [0.4, 0.5) is 0 Å². The highest BCUT2D eigenvalue weighted by atomic mass is 32.1. The van der Waals surface area contributed by atoms with Gasteiger partial charge in [-0.1, -0.05) is 18.6 Å². The Morgan fingerprint density at radius 3 is 2.87 bits per heavy atom. The van der Waals surface area contributed by atoms with Crippen molar-refractivity contribution in [3.05, 3.63) is 34.2 Å². The number of fused-ring (bicyclic) bond motifs is 3. The number of thiophene rings is 1. The van der Waals surface area contributed by atoms with E-state index in [1.807, 2.05) is 11.3 Å². The summed E-state index contributed by atoms with van der Waals surface area (Å²) in [6, 6.07) is 6.92. The summed E-state index contributed by atoms with van der Waals surface area (Å²) in [5, 5.41) is 1.53. The number of rotatable bonds is 0. The van der Waals surface area contributed by atoms with Gasteiger partial charge in [0, 0.05) is 9.58 Å². The topological polar surface area (TPSA) is 0 Å². The summed E-state index contributed by atoms with van der Waals surface area (Å²) in [5.41, 5.74) is 3.05. The van der Waals surface area contributed by atoms with Crippen LogP contribution in [0.2, 0.25) is 0 Å². The third kappa shape index (κ3) is 1.59. The molecule has 0 atom stereocenters. The van der Waals surface area contributed by atoms with Crippen LogP contribution in [-0.2, 0) is 12.8 Å². The standard InChI is InChI=1S/C14H16S/c1-10-7-8-12-11-5-3-2-4-6-13(11)15-14(12)9-10/h7-9H,2-6H2,1H3. The van der Waals surface area contributed by atoms with E-state index in [4.69, 9.17) is 0 Å². The van der Waals surface area contributed by atoms with E-state index in [0.29, 0.717) is 0 Å². The second-order valence-electron chi connectivity index (χ2n) is 4.56. The molecule has 78 valence electrons. The van der Waals surface area contributed by atoms with Crippen molar-refractivity contribution in [3.8, 4) is 0 Å². The van der Waals surface area contributed by atoms with Crippen molar-refractivity contribution >= 4 is 21.4 Å². The first-order chi connectivity index (χ1) is 7.34. The van der Waals surface area contributed by atoms with Crippen molar-refractivity contribution in [2.24, 2.45) is 0 Å². The lowest BCUT2D eigenvalue weighted by Gasteiger charge is -1.98. The molecular formula is C14H16S. The summed E-state index contributed by atoms with van der Waals surface area (Å²) in [7, 11) is 0. The minimum atomic E-state index is 1.30. The average Bonchev–Trinajstić information content (AvgIpc) is 2.42. The summed E-state index contributed by atoms with van der Waals surface area (Å²) in [5.74, 6) is 0. The van der Waals surface area contributed by atoms with Crippen LogP contribution in [0.5, 0.6) is 0 Å². The molecule has 0 radical (unpaired) electrons. The monoisotopic (exact) mass is 216 g/mol. The Bertz CT molecular complexity index is 493. The Kier molecular flexibility index (Phi) is 2.28. The largest absolute Gasteiger partial charge is 0.140 e. The minimum absolute atomic E-state index is 1.30. The zero-order valence-electron chi connectivity index (χ0n) is 9.18. The van der Waals surface area contributed by atoms with Crippen LogP contribution in [0.1, 0.15) is 35.3 Å². The van der Waals surface area contributed by atoms with Crippen LogP contribution in [0.15, 0.2) is 18.2 Å². The van der Waals surface area contributed by atoms with Gasteiger partial charge in [0.1, 0.15) is 0 Å². The number of hydrogen-bond donors (Lipinski definition) is 0. The second kappa shape index (κ2) is 3.64. The Hall–Kier alpha value is -0.820. The van der Waals surface area contributed by atoms with Gasteiger partial charge >= 0.3 is 0 Å². The van der Waals surface area contributed by atoms with Gasteiger partial charge < -0.3 is 0 Å². The van der Waals surface area contributed by atoms with Gasteiger partial charge in [-0.2, -0.15) is 0 Å². The van der Waals surface area contributed by atoms with Gasteiger partial charge in [0.05, 0.1) is 0 Å². The normalized spacial score (nSPS) is 16.3. The Labute approximate surface area is 94.9 Å². The van der Waals surface area contributed by atoms with E-state index in [9.17, 15) is 0 Å². The fraction of sp³-hybridized carbons (Fsp3) is 0.429. The van der Waals surface area contributed by atoms with Gasteiger partial charge in [-0.25, -0.2) is 0 Å². The van der Waals surface area contributed by atoms with Crippen LogP contribution in [-0.4, -0.2) is 0 Å². The maximum Gasteiger partial charge on any atom is 0.0351 e. The number of aryl methyl sites for hydroxylation is 3. The predicted octanol–water partition coefficient (Wildman–Crippen LogP) is 4.48. The molecule has 1 aliphatic carbocycles. The summed E-state index contributed by atoms with van der Waals surface area (Å²) < 4.78 is 1.50. The zero-order valence-corrected chi connectivity index (χ0v) is 9.99. The van der Waals surface area contributed by atoms with Gasteiger partial charge in [-0.15, -0.1) is 11.3 Å². The molecule has 1 heteroatoms. The number of hydrogen-bond acceptors (Lipinski definition) is 1. The van der Waals surface area contributed by atoms with Crippen molar-refractivity contribution in [1.82, 2.24) is 0 Å². The summed E-state index contributed by atoms with van der Waals surface area (Å²) in [6.07, 6.45) is 6.80. The first-order valence-electron chi connectivity index (χ1n) is 5.85. The lowest BCUT2D eigenvalue weighted by Crippen LogP contribution is -1.83. The molecule has 1 aromatic heterocycles. The van der Waals surface area contributed by atoms with Crippen molar-refractivity contribution in [2.45, 2.75) is 39.0 Å². The van der Waals surface area contributed by atoms with Crippen LogP contribution in [0.25, 0.3) is 10.1 Å². The van der Waals surface area contributed by atoms with E-state index in [1.54, 1.807) is 10.4 Å². The molecule has 0 saturated heterocycles. The lowest BCUT2D eigenvalue weighted by atomic mass is 10.1. The quantitative estimate of drug-likeness (QED) is 0.570. The molecule has 1 heterocycles. The first kappa shape index (κ1) is 9.41. The van der Waals surface area contributed by atoms with Crippen LogP contribution >= 0.6 is 11.3 Å². The highest BCUT2D eigenvalue weighted by molar-refractivity contribution is 7.19. The molecule has 1 aromatic carbocycles. The zero-order chi connectivity index (χ0) is 10.3. The first-order valence-corrected chi connectivity index (χ1v) is 6.67. The Balaban J connectivity index is 2.23. The van der Waals surface area contributed by atoms with Gasteiger partial charge in [0.2, 0.25) is 0 Å². The molecule has 15 heavy (non-hydrogen) atoms. The molecule has 1 aliphatic rings. The van der Waals surface area contributed by atoms with E-state index in [1.165, 1.54) is 47.8 Å². The third-order valence-electron chi connectivity index (χ3n) is 3.36. The lowest BCUT2D eigenvalue weighted by molar-refractivity contribution is 0.713. The smallest absolute Gasteiger partial charge is 0.0351 e. The molecular weight excluding hydrogens is 200 g/mol. The number of benzene rings is 1.